The maximum atomic E-state index is 5.42. The molecule has 0 aliphatic heterocycles. The van der Waals surface area contributed by atoms with E-state index in [0.29, 0.717) is 19.8 Å². The molecular formula is C17H29N3O3. The van der Waals surface area contributed by atoms with E-state index >= 15 is 0 Å². The van der Waals surface area contributed by atoms with Gasteiger partial charge < -0.3 is 24.8 Å². The second kappa shape index (κ2) is 11.7. The van der Waals surface area contributed by atoms with Crippen LogP contribution in [0.5, 0.6) is 5.75 Å². The van der Waals surface area contributed by atoms with Crippen LogP contribution in [0.25, 0.3) is 0 Å². The topological polar surface area (TPSA) is 64.1 Å². The summed E-state index contributed by atoms with van der Waals surface area (Å²) in [6, 6.07) is 6.15. The minimum atomic E-state index is 0.637. The highest BCUT2D eigenvalue weighted by Crippen LogP contribution is 2.18. The monoisotopic (exact) mass is 323 g/mol. The van der Waals surface area contributed by atoms with Crippen LogP contribution in [-0.4, -0.2) is 53.6 Å². The molecule has 0 aliphatic carbocycles. The number of aliphatic imine (C=N–C) groups is 1. The van der Waals surface area contributed by atoms with Gasteiger partial charge >= 0.3 is 0 Å². The SMILES string of the molecule is CN=C(NCCCOCCOC)NCc1ccc(OC)c(C)c1. The molecule has 130 valence electrons. The third kappa shape index (κ3) is 7.85. The Morgan fingerprint density at radius 2 is 1.96 bits per heavy atom. The molecule has 0 saturated carbocycles. The Morgan fingerprint density at radius 1 is 1.13 bits per heavy atom. The van der Waals surface area contributed by atoms with Crippen LogP contribution in [0.1, 0.15) is 17.5 Å². The maximum absolute atomic E-state index is 5.42. The van der Waals surface area contributed by atoms with Crippen LogP contribution in [0.2, 0.25) is 0 Å². The number of nitrogens with one attached hydrogen (secondary N) is 2. The molecule has 0 aliphatic rings. The van der Waals surface area contributed by atoms with Crippen molar-refractivity contribution in [3.63, 3.8) is 0 Å². The molecule has 1 aromatic rings. The highest BCUT2D eigenvalue weighted by Gasteiger charge is 2.02. The van der Waals surface area contributed by atoms with Gasteiger partial charge in [0.15, 0.2) is 5.96 Å². The van der Waals surface area contributed by atoms with Gasteiger partial charge in [-0.3, -0.25) is 4.99 Å². The zero-order valence-electron chi connectivity index (χ0n) is 14.6. The molecule has 0 amide bonds. The second-order valence-electron chi connectivity index (χ2n) is 5.12. The standard InChI is InChI=1S/C17H29N3O3/c1-14-12-15(6-7-16(14)22-4)13-20-17(18-2)19-8-5-9-23-11-10-21-3/h6-7,12H,5,8-11,13H2,1-4H3,(H2,18,19,20). The van der Waals surface area contributed by atoms with Gasteiger partial charge in [-0.25, -0.2) is 0 Å². The Kier molecular flexibility index (Phi) is 9.83. The van der Waals surface area contributed by atoms with Crippen LogP contribution >= 0.6 is 0 Å². The first-order valence-electron chi connectivity index (χ1n) is 7.86. The van der Waals surface area contributed by atoms with E-state index in [4.69, 9.17) is 14.2 Å². The number of rotatable bonds is 10. The quantitative estimate of drug-likeness (QED) is 0.390. The summed E-state index contributed by atoms with van der Waals surface area (Å²) in [6.07, 6.45) is 0.923. The molecule has 0 fully saturated rings. The third-order valence-corrected chi connectivity index (χ3v) is 3.33. The summed E-state index contributed by atoms with van der Waals surface area (Å²) in [4.78, 5) is 4.22. The number of methoxy groups -OCH3 is 2. The Balaban J connectivity index is 2.25. The van der Waals surface area contributed by atoms with Crippen LogP contribution in [0.4, 0.5) is 0 Å². The minimum Gasteiger partial charge on any atom is -0.496 e. The molecule has 0 aromatic heterocycles. The average molecular weight is 323 g/mol. The van der Waals surface area contributed by atoms with Crippen LogP contribution in [0.3, 0.4) is 0 Å². The number of hydrogen-bond donors (Lipinski definition) is 2. The highest BCUT2D eigenvalue weighted by atomic mass is 16.5. The molecule has 23 heavy (non-hydrogen) atoms. The lowest BCUT2D eigenvalue weighted by Crippen LogP contribution is -2.37. The van der Waals surface area contributed by atoms with Crippen molar-refractivity contribution in [2.75, 3.05) is 47.6 Å². The molecule has 0 radical (unpaired) electrons. The Morgan fingerprint density at radius 3 is 2.61 bits per heavy atom. The van der Waals surface area contributed by atoms with Gasteiger partial charge in [0.1, 0.15) is 5.75 Å². The average Bonchev–Trinajstić information content (AvgIpc) is 2.57. The maximum Gasteiger partial charge on any atom is 0.191 e. The summed E-state index contributed by atoms with van der Waals surface area (Å²) >= 11 is 0. The van der Waals surface area contributed by atoms with E-state index in [9.17, 15) is 0 Å². The van der Waals surface area contributed by atoms with Crippen molar-refractivity contribution >= 4 is 5.96 Å². The van der Waals surface area contributed by atoms with Crippen LogP contribution in [0.15, 0.2) is 23.2 Å². The highest BCUT2D eigenvalue weighted by molar-refractivity contribution is 5.79. The lowest BCUT2D eigenvalue weighted by atomic mass is 10.1. The summed E-state index contributed by atoms with van der Waals surface area (Å²) in [5.41, 5.74) is 2.32. The van der Waals surface area contributed by atoms with Crippen molar-refractivity contribution < 1.29 is 14.2 Å². The van der Waals surface area contributed by atoms with Gasteiger partial charge in [0.2, 0.25) is 0 Å². The van der Waals surface area contributed by atoms with Gasteiger partial charge in [-0.2, -0.15) is 0 Å². The Hall–Kier alpha value is -1.79. The van der Waals surface area contributed by atoms with Gasteiger partial charge in [0.25, 0.3) is 0 Å². The van der Waals surface area contributed by atoms with Gasteiger partial charge in [0.05, 0.1) is 20.3 Å². The van der Waals surface area contributed by atoms with Gasteiger partial charge in [-0.1, -0.05) is 12.1 Å². The summed E-state index contributed by atoms with van der Waals surface area (Å²) < 4.78 is 15.6. The van der Waals surface area contributed by atoms with Crippen LogP contribution < -0.4 is 15.4 Å². The fourth-order valence-corrected chi connectivity index (χ4v) is 2.08. The molecule has 0 unspecified atom stereocenters. The predicted molar refractivity (Wildman–Crippen MR) is 93.2 cm³/mol. The number of benzene rings is 1. The molecule has 0 spiro atoms. The minimum absolute atomic E-state index is 0.637. The number of ether oxygens (including phenoxy) is 3. The summed E-state index contributed by atoms with van der Waals surface area (Å²) in [6.45, 7) is 5.56. The van der Waals surface area contributed by atoms with Gasteiger partial charge in [-0.05, 0) is 30.5 Å². The fraction of sp³-hybridized carbons (Fsp3) is 0.588. The number of aryl methyl sites for hydroxylation is 1. The molecule has 0 bridgehead atoms. The van der Waals surface area contributed by atoms with E-state index in [2.05, 4.69) is 27.8 Å². The van der Waals surface area contributed by atoms with E-state index in [1.807, 2.05) is 13.0 Å². The zero-order valence-corrected chi connectivity index (χ0v) is 14.6. The summed E-state index contributed by atoms with van der Waals surface area (Å²) in [5.74, 6) is 1.69. The number of guanidine groups is 1. The molecule has 0 saturated heterocycles. The van der Waals surface area contributed by atoms with Crippen molar-refractivity contribution in [2.45, 2.75) is 19.9 Å². The van der Waals surface area contributed by atoms with Gasteiger partial charge in [-0.15, -0.1) is 0 Å². The summed E-state index contributed by atoms with van der Waals surface area (Å²) in [5, 5.41) is 6.57. The Labute approximate surface area is 139 Å². The van der Waals surface area contributed by atoms with E-state index < -0.39 is 0 Å². The van der Waals surface area contributed by atoms with E-state index in [1.54, 1.807) is 21.3 Å². The second-order valence-corrected chi connectivity index (χ2v) is 5.12. The van der Waals surface area contributed by atoms with Crippen molar-refractivity contribution in [1.29, 1.82) is 0 Å². The zero-order chi connectivity index (χ0) is 16.9. The summed E-state index contributed by atoms with van der Waals surface area (Å²) in [7, 11) is 5.12. The van der Waals surface area contributed by atoms with Crippen LogP contribution in [-0.2, 0) is 16.0 Å². The van der Waals surface area contributed by atoms with Crippen molar-refractivity contribution in [3.8, 4) is 5.75 Å². The molecule has 6 heteroatoms. The predicted octanol–water partition coefficient (Wildman–Crippen LogP) is 1.72. The van der Waals surface area contributed by atoms with E-state index in [0.717, 1.165) is 36.8 Å². The molecule has 0 atom stereocenters. The molecule has 0 heterocycles. The van der Waals surface area contributed by atoms with Crippen molar-refractivity contribution in [3.05, 3.63) is 29.3 Å². The van der Waals surface area contributed by atoms with E-state index in [1.165, 1.54) is 5.56 Å². The molecule has 1 rings (SSSR count). The number of hydrogen-bond acceptors (Lipinski definition) is 4. The fourth-order valence-electron chi connectivity index (χ4n) is 2.08. The lowest BCUT2D eigenvalue weighted by molar-refractivity contribution is 0.0698. The largest absolute Gasteiger partial charge is 0.496 e. The molecular weight excluding hydrogens is 294 g/mol. The van der Waals surface area contributed by atoms with Crippen molar-refractivity contribution in [2.24, 2.45) is 4.99 Å². The first-order chi connectivity index (χ1) is 11.2. The first kappa shape index (κ1) is 19.3. The van der Waals surface area contributed by atoms with Crippen molar-refractivity contribution in [1.82, 2.24) is 10.6 Å². The third-order valence-electron chi connectivity index (χ3n) is 3.33. The smallest absolute Gasteiger partial charge is 0.191 e. The van der Waals surface area contributed by atoms with Gasteiger partial charge in [0, 0.05) is 33.9 Å². The number of nitrogens with zero attached hydrogens (tertiary/aromatic N) is 1. The Bertz CT molecular complexity index is 478. The van der Waals surface area contributed by atoms with E-state index in [-0.39, 0.29) is 0 Å². The molecule has 6 nitrogen and oxygen atoms in total. The normalized spacial score (nSPS) is 11.4. The lowest BCUT2D eigenvalue weighted by Gasteiger charge is -2.13. The molecule has 1 aromatic carbocycles. The first-order valence-corrected chi connectivity index (χ1v) is 7.86. The van der Waals surface area contributed by atoms with Crippen LogP contribution in [0, 0.1) is 6.92 Å². The molecule has 2 N–H and O–H groups in total.